The third kappa shape index (κ3) is 4.76. The minimum atomic E-state index is -5.33. The van der Waals surface area contributed by atoms with Crippen LogP contribution in [0.2, 0.25) is 0 Å². The number of halogens is 6. The Balaban J connectivity index is 2.19. The van der Waals surface area contributed by atoms with Crippen molar-refractivity contribution >= 4 is 22.8 Å². The Labute approximate surface area is 181 Å². The van der Waals surface area contributed by atoms with E-state index < -0.39 is 51.5 Å². The molecule has 3 aromatic rings. The zero-order chi connectivity index (χ0) is 24.9. The van der Waals surface area contributed by atoms with Gasteiger partial charge in [0.05, 0.1) is 16.0 Å². The van der Waals surface area contributed by atoms with Crippen LogP contribution in [0, 0.1) is 10.1 Å². The molecule has 0 fully saturated rings. The summed E-state index contributed by atoms with van der Waals surface area (Å²) in [6, 6.07) is 5.97. The number of nitro groups is 1. The first kappa shape index (κ1) is 24.0. The van der Waals surface area contributed by atoms with Crippen molar-refractivity contribution in [1.82, 2.24) is 9.55 Å². The molecule has 1 heterocycles. The molecule has 13 heteroatoms. The van der Waals surface area contributed by atoms with Gasteiger partial charge in [-0.15, -0.1) is 0 Å². The van der Waals surface area contributed by atoms with Crippen LogP contribution in [0.1, 0.15) is 37.7 Å². The van der Waals surface area contributed by atoms with Crippen LogP contribution in [0.25, 0.3) is 11.0 Å². The van der Waals surface area contributed by atoms with E-state index in [-0.39, 0.29) is 27.9 Å². The fourth-order valence-corrected chi connectivity index (χ4v) is 3.03. The number of fused-ring (bicyclic) bond motifs is 1. The van der Waals surface area contributed by atoms with Crippen molar-refractivity contribution in [3.8, 4) is 5.75 Å². The van der Waals surface area contributed by atoms with Gasteiger partial charge in [0.15, 0.2) is 5.52 Å². The monoisotopic (exact) mass is 475 g/mol. The number of imidazole rings is 1. The zero-order valence-corrected chi connectivity index (χ0v) is 17.2. The molecule has 0 saturated heterocycles. The molecule has 0 radical (unpaired) electrons. The molecule has 0 N–H and O–H groups in total. The summed E-state index contributed by atoms with van der Waals surface area (Å²) in [5, 5.41) is 11.4. The first-order chi connectivity index (χ1) is 15.0. The summed E-state index contributed by atoms with van der Waals surface area (Å²) >= 11 is 0. The summed E-state index contributed by atoms with van der Waals surface area (Å²) < 4.78 is 84.6. The molecule has 33 heavy (non-hydrogen) atoms. The molecule has 0 aliphatic rings. The number of alkyl halides is 6. The van der Waals surface area contributed by atoms with Gasteiger partial charge in [0.1, 0.15) is 5.75 Å². The molecule has 0 aliphatic heterocycles. The quantitative estimate of drug-likeness (QED) is 0.246. The highest BCUT2D eigenvalue weighted by atomic mass is 19.4. The van der Waals surface area contributed by atoms with E-state index in [0.29, 0.717) is 0 Å². The lowest BCUT2D eigenvalue weighted by atomic mass is 9.87. The van der Waals surface area contributed by atoms with Gasteiger partial charge in [-0.2, -0.15) is 26.3 Å². The average molecular weight is 475 g/mol. The second kappa shape index (κ2) is 7.74. The van der Waals surface area contributed by atoms with Gasteiger partial charge in [0, 0.05) is 6.07 Å². The SMILES string of the molecule is CC(C)(C)c1ccc(OC(=O)n2c(C(F)(F)F)nc3cc(C(F)(F)F)cc([N+](=O)[O-])c32)cc1. The molecule has 0 saturated carbocycles. The van der Waals surface area contributed by atoms with Gasteiger partial charge in [0.2, 0.25) is 5.82 Å². The maximum atomic E-state index is 13.6. The number of ether oxygens (including phenoxy) is 1. The Hall–Kier alpha value is -3.64. The van der Waals surface area contributed by atoms with Crippen LogP contribution in [-0.4, -0.2) is 20.6 Å². The topological polar surface area (TPSA) is 87.3 Å². The molecule has 0 aliphatic carbocycles. The number of nitro benzene ring substituents is 1. The molecule has 0 spiro atoms. The van der Waals surface area contributed by atoms with Gasteiger partial charge in [-0.3, -0.25) is 10.1 Å². The van der Waals surface area contributed by atoms with Gasteiger partial charge in [-0.1, -0.05) is 32.9 Å². The van der Waals surface area contributed by atoms with Crippen LogP contribution in [0.5, 0.6) is 5.75 Å². The number of benzene rings is 2. The van der Waals surface area contributed by atoms with Crippen LogP contribution in [0.4, 0.5) is 36.8 Å². The molecule has 0 bridgehead atoms. The van der Waals surface area contributed by atoms with Gasteiger partial charge >= 0.3 is 18.4 Å². The number of aromatic nitrogens is 2. The van der Waals surface area contributed by atoms with E-state index in [9.17, 15) is 41.3 Å². The first-order valence-corrected chi connectivity index (χ1v) is 9.18. The fourth-order valence-electron chi connectivity index (χ4n) is 3.03. The molecule has 1 aromatic heterocycles. The van der Waals surface area contributed by atoms with Crippen LogP contribution >= 0.6 is 0 Å². The first-order valence-electron chi connectivity index (χ1n) is 9.18. The zero-order valence-electron chi connectivity index (χ0n) is 17.2. The highest BCUT2D eigenvalue weighted by Gasteiger charge is 2.43. The van der Waals surface area contributed by atoms with Crippen molar-refractivity contribution in [2.45, 2.75) is 38.5 Å². The Kier molecular flexibility index (Phi) is 5.63. The Morgan fingerprint density at radius 2 is 1.55 bits per heavy atom. The predicted octanol–water partition coefficient (Wildman–Crippen LogP) is 6.33. The predicted molar refractivity (Wildman–Crippen MR) is 103 cm³/mol. The van der Waals surface area contributed by atoms with Gasteiger partial charge < -0.3 is 4.74 Å². The number of rotatable bonds is 2. The molecule has 3 rings (SSSR count). The lowest BCUT2D eigenvalue weighted by molar-refractivity contribution is -0.383. The second-order valence-corrected chi connectivity index (χ2v) is 8.03. The molecule has 2 aromatic carbocycles. The summed E-state index contributed by atoms with van der Waals surface area (Å²) in [4.78, 5) is 25.7. The van der Waals surface area contributed by atoms with Crippen LogP contribution in [-0.2, 0) is 17.8 Å². The average Bonchev–Trinajstić information content (AvgIpc) is 3.06. The van der Waals surface area contributed by atoms with E-state index in [0.717, 1.165) is 5.56 Å². The van der Waals surface area contributed by atoms with Crippen molar-refractivity contribution in [2.75, 3.05) is 0 Å². The largest absolute Gasteiger partial charge is 0.450 e. The molecule has 0 atom stereocenters. The summed E-state index contributed by atoms with van der Waals surface area (Å²) in [5.41, 5.74) is -4.54. The van der Waals surface area contributed by atoms with E-state index in [2.05, 4.69) is 4.98 Å². The van der Waals surface area contributed by atoms with E-state index in [1.165, 1.54) is 12.1 Å². The lowest BCUT2D eigenvalue weighted by Gasteiger charge is -2.19. The van der Waals surface area contributed by atoms with Crippen LogP contribution in [0.15, 0.2) is 36.4 Å². The fraction of sp³-hybridized carbons (Fsp3) is 0.300. The summed E-state index contributed by atoms with van der Waals surface area (Å²) in [6.07, 6.45) is -12.2. The third-order valence-electron chi connectivity index (χ3n) is 4.62. The standard InChI is InChI=1S/C20H15F6N3O4/c1-18(2,3)10-4-6-12(7-5-10)33-17(30)28-15-13(27-16(28)20(24,25)26)8-11(19(21,22)23)9-14(15)29(31)32/h4-9H,1-3H3. The van der Waals surface area contributed by atoms with Crippen molar-refractivity contribution in [3.63, 3.8) is 0 Å². The number of carbonyl (C=O) groups is 1. The molecule has 0 unspecified atom stereocenters. The van der Waals surface area contributed by atoms with Crippen LogP contribution < -0.4 is 4.74 Å². The Morgan fingerprint density at radius 3 is 2.00 bits per heavy atom. The minimum absolute atomic E-state index is 0.0338. The molecule has 7 nitrogen and oxygen atoms in total. The highest BCUT2D eigenvalue weighted by Crippen LogP contribution is 2.39. The number of carbonyl (C=O) groups excluding carboxylic acids is 1. The number of nitrogens with zero attached hydrogens (tertiary/aromatic N) is 3. The van der Waals surface area contributed by atoms with E-state index >= 15 is 0 Å². The Bertz CT molecular complexity index is 1240. The van der Waals surface area contributed by atoms with Gasteiger partial charge in [-0.05, 0) is 29.2 Å². The number of hydrogen-bond acceptors (Lipinski definition) is 5. The smallest absolute Gasteiger partial charge is 0.410 e. The lowest BCUT2D eigenvalue weighted by Crippen LogP contribution is -2.24. The van der Waals surface area contributed by atoms with E-state index in [1.807, 2.05) is 20.8 Å². The minimum Gasteiger partial charge on any atom is -0.410 e. The maximum Gasteiger partial charge on any atom is 0.450 e. The molecule has 0 amide bonds. The van der Waals surface area contributed by atoms with E-state index in [4.69, 9.17) is 4.74 Å². The third-order valence-corrected chi connectivity index (χ3v) is 4.62. The number of non-ortho nitro benzene ring substituents is 1. The number of hydrogen-bond donors (Lipinski definition) is 0. The maximum absolute atomic E-state index is 13.6. The molecular formula is C20H15F6N3O4. The van der Waals surface area contributed by atoms with Crippen LogP contribution in [0.3, 0.4) is 0 Å². The summed E-state index contributed by atoms with van der Waals surface area (Å²) in [5.74, 6) is -2.14. The van der Waals surface area contributed by atoms with E-state index in [1.54, 1.807) is 12.1 Å². The molecular weight excluding hydrogens is 460 g/mol. The normalized spacial score (nSPS) is 12.8. The second-order valence-electron chi connectivity index (χ2n) is 8.03. The van der Waals surface area contributed by atoms with Gasteiger partial charge in [-0.25, -0.2) is 14.3 Å². The summed E-state index contributed by atoms with van der Waals surface area (Å²) in [6.45, 7) is 5.70. The summed E-state index contributed by atoms with van der Waals surface area (Å²) in [7, 11) is 0. The molecule has 176 valence electrons. The van der Waals surface area contributed by atoms with Gasteiger partial charge in [0.25, 0.3) is 5.69 Å². The highest BCUT2D eigenvalue weighted by molar-refractivity contribution is 5.94. The van der Waals surface area contributed by atoms with Crippen molar-refractivity contribution in [3.05, 3.63) is 63.5 Å². The van der Waals surface area contributed by atoms with Crippen molar-refractivity contribution in [2.24, 2.45) is 0 Å². The van der Waals surface area contributed by atoms with Crippen molar-refractivity contribution < 1.29 is 40.8 Å². The van der Waals surface area contributed by atoms with Crippen molar-refractivity contribution in [1.29, 1.82) is 0 Å². The Morgan fingerprint density at radius 1 is 0.970 bits per heavy atom.